The number of hydrogen-bond donors (Lipinski definition) is 1. The molecule has 3 rings (SSSR count). The summed E-state index contributed by atoms with van der Waals surface area (Å²) in [5.41, 5.74) is 2.31. The number of rotatable bonds is 5. The van der Waals surface area contributed by atoms with E-state index in [0.29, 0.717) is 5.92 Å². The SMILES string of the molecule is CC(C)=CC1C(C(=O)NC(c2ccccc2)c2nccn2C)C1(C)C. The van der Waals surface area contributed by atoms with Crippen LogP contribution in [0.1, 0.15) is 45.1 Å². The molecule has 1 aliphatic carbocycles. The van der Waals surface area contributed by atoms with Crippen molar-refractivity contribution < 1.29 is 4.79 Å². The minimum absolute atomic E-state index is 0.00419. The Morgan fingerprint density at radius 1 is 1.28 bits per heavy atom. The molecule has 3 unspecified atom stereocenters. The quantitative estimate of drug-likeness (QED) is 0.842. The van der Waals surface area contributed by atoms with Crippen molar-refractivity contribution in [1.29, 1.82) is 0 Å². The summed E-state index contributed by atoms with van der Waals surface area (Å²) in [6, 6.07) is 9.79. The maximum atomic E-state index is 13.0. The van der Waals surface area contributed by atoms with Gasteiger partial charge in [-0.1, -0.05) is 55.8 Å². The Morgan fingerprint density at radius 2 is 1.96 bits per heavy atom. The van der Waals surface area contributed by atoms with E-state index in [0.717, 1.165) is 11.4 Å². The van der Waals surface area contributed by atoms with Gasteiger partial charge in [0, 0.05) is 19.4 Å². The van der Waals surface area contributed by atoms with E-state index in [1.54, 1.807) is 6.20 Å². The van der Waals surface area contributed by atoms with Crippen LogP contribution in [0.15, 0.2) is 54.4 Å². The molecule has 0 radical (unpaired) electrons. The molecule has 1 heterocycles. The number of aryl methyl sites for hydroxylation is 1. The molecule has 4 nitrogen and oxygen atoms in total. The highest BCUT2D eigenvalue weighted by atomic mass is 16.2. The van der Waals surface area contributed by atoms with Crippen molar-refractivity contribution in [1.82, 2.24) is 14.9 Å². The second kappa shape index (κ2) is 6.51. The van der Waals surface area contributed by atoms with Crippen LogP contribution in [0, 0.1) is 17.3 Å². The van der Waals surface area contributed by atoms with Gasteiger partial charge in [0.2, 0.25) is 5.91 Å². The predicted molar refractivity (Wildman–Crippen MR) is 99.8 cm³/mol. The fourth-order valence-electron chi connectivity index (χ4n) is 3.68. The van der Waals surface area contributed by atoms with Crippen LogP contribution >= 0.6 is 0 Å². The smallest absolute Gasteiger partial charge is 0.225 e. The Labute approximate surface area is 150 Å². The van der Waals surface area contributed by atoms with E-state index in [1.165, 1.54) is 5.57 Å². The van der Waals surface area contributed by atoms with E-state index in [2.05, 4.69) is 44.1 Å². The number of amides is 1. The van der Waals surface area contributed by atoms with Crippen molar-refractivity contribution in [3.8, 4) is 0 Å². The largest absolute Gasteiger partial charge is 0.342 e. The summed E-state index contributed by atoms with van der Waals surface area (Å²) in [7, 11) is 1.96. The van der Waals surface area contributed by atoms with Gasteiger partial charge in [0.25, 0.3) is 0 Å². The molecule has 1 amide bonds. The molecule has 0 bridgehead atoms. The van der Waals surface area contributed by atoms with Crippen molar-refractivity contribution in [3.05, 3.63) is 65.8 Å². The predicted octanol–water partition coefficient (Wildman–Crippen LogP) is 3.86. The maximum Gasteiger partial charge on any atom is 0.225 e. The lowest BCUT2D eigenvalue weighted by atomic mass is 10.0. The van der Waals surface area contributed by atoms with Crippen LogP contribution in [0.4, 0.5) is 0 Å². The number of carbonyl (C=O) groups excluding carboxylic acids is 1. The zero-order chi connectivity index (χ0) is 18.2. The van der Waals surface area contributed by atoms with E-state index in [1.807, 2.05) is 48.1 Å². The Balaban J connectivity index is 1.86. The first-order valence-corrected chi connectivity index (χ1v) is 8.80. The molecule has 0 saturated heterocycles. The van der Waals surface area contributed by atoms with Crippen LogP contribution in [-0.4, -0.2) is 15.5 Å². The number of imidazole rings is 1. The van der Waals surface area contributed by atoms with E-state index < -0.39 is 0 Å². The van der Waals surface area contributed by atoms with Gasteiger partial charge in [-0.3, -0.25) is 4.79 Å². The number of nitrogens with one attached hydrogen (secondary N) is 1. The van der Waals surface area contributed by atoms with Gasteiger partial charge in [-0.2, -0.15) is 0 Å². The highest BCUT2D eigenvalue weighted by molar-refractivity contribution is 5.84. The monoisotopic (exact) mass is 337 g/mol. The summed E-state index contributed by atoms with van der Waals surface area (Å²) >= 11 is 0. The number of carbonyl (C=O) groups is 1. The highest BCUT2D eigenvalue weighted by Crippen LogP contribution is 2.59. The molecule has 1 aromatic heterocycles. The van der Waals surface area contributed by atoms with Gasteiger partial charge in [0.15, 0.2) is 0 Å². The molecule has 1 aromatic carbocycles. The van der Waals surface area contributed by atoms with Gasteiger partial charge in [0.05, 0.1) is 5.92 Å². The van der Waals surface area contributed by atoms with Gasteiger partial charge in [0.1, 0.15) is 11.9 Å². The Bertz CT molecular complexity index is 784. The van der Waals surface area contributed by atoms with Crippen LogP contribution in [0.2, 0.25) is 0 Å². The lowest BCUT2D eigenvalue weighted by molar-refractivity contribution is -0.123. The minimum atomic E-state index is -0.238. The average molecular weight is 337 g/mol. The van der Waals surface area contributed by atoms with E-state index in [4.69, 9.17) is 0 Å². The Kier molecular flexibility index (Phi) is 4.55. The fraction of sp³-hybridized carbons (Fsp3) is 0.429. The van der Waals surface area contributed by atoms with E-state index >= 15 is 0 Å². The zero-order valence-electron chi connectivity index (χ0n) is 15.7. The maximum absolute atomic E-state index is 13.0. The Morgan fingerprint density at radius 3 is 2.52 bits per heavy atom. The van der Waals surface area contributed by atoms with Crippen molar-refractivity contribution in [3.63, 3.8) is 0 Å². The molecule has 1 N–H and O–H groups in total. The van der Waals surface area contributed by atoms with Gasteiger partial charge < -0.3 is 9.88 Å². The first kappa shape index (κ1) is 17.5. The second-order valence-corrected chi connectivity index (χ2v) is 7.82. The van der Waals surface area contributed by atoms with Gasteiger partial charge in [-0.15, -0.1) is 0 Å². The van der Waals surface area contributed by atoms with Crippen LogP contribution in [0.5, 0.6) is 0 Å². The zero-order valence-corrected chi connectivity index (χ0v) is 15.7. The third kappa shape index (κ3) is 3.39. The normalized spacial score (nSPS) is 22.1. The van der Waals surface area contributed by atoms with E-state index in [-0.39, 0.29) is 23.3 Å². The average Bonchev–Trinajstić information content (AvgIpc) is 2.88. The molecule has 0 aliphatic heterocycles. The lowest BCUT2D eigenvalue weighted by Gasteiger charge is -2.19. The minimum Gasteiger partial charge on any atom is -0.342 e. The summed E-state index contributed by atoms with van der Waals surface area (Å²) in [5.74, 6) is 1.25. The van der Waals surface area contributed by atoms with E-state index in [9.17, 15) is 4.79 Å². The molecule has 1 fully saturated rings. The molecule has 25 heavy (non-hydrogen) atoms. The first-order valence-electron chi connectivity index (χ1n) is 8.80. The number of allylic oxidation sites excluding steroid dienone is 2. The summed E-state index contributed by atoms with van der Waals surface area (Å²) < 4.78 is 1.96. The molecule has 3 atom stereocenters. The number of benzene rings is 1. The van der Waals surface area contributed by atoms with Crippen LogP contribution in [0.25, 0.3) is 0 Å². The van der Waals surface area contributed by atoms with Crippen LogP contribution in [0.3, 0.4) is 0 Å². The molecule has 0 spiro atoms. The van der Waals surface area contributed by atoms with Gasteiger partial charge in [-0.25, -0.2) is 4.98 Å². The fourth-order valence-corrected chi connectivity index (χ4v) is 3.68. The second-order valence-electron chi connectivity index (χ2n) is 7.82. The standard InChI is InChI=1S/C21H27N3O/c1-14(2)13-16-17(21(16,3)4)20(25)23-18(15-9-7-6-8-10-15)19-22-11-12-24(19)5/h6-13,16-18H,1-5H3,(H,23,25). The van der Waals surface area contributed by atoms with Crippen molar-refractivity contribution in [2.24, 2.45) is 24.3 Å². The van der Waals surface area contributed by atoms with Crippen LogP contribution < -0.4 is 5.32 Å². The molecular formula is C21H27N3O. The Hall–Kier alpha value is -2.36. The lowest BCUT2D eigenvalue weighted by Crippen LogP contribution is -2.33. The molecule has 1 aliphatic rings. The van der Waals surface area contributed by atoms with Gasteiger partial charge >= 0.3 is 0 Å². The molecule has 2 aromatic rings. The number of hydrogen-bond acceptors (Lipinski definition) is 2. The van der Waals surface area contributed by atoms with Crippen molar-refractivity contribution >= 4 is 5.91 Å². The highest BCUT2D eigenvalue weighted by Gasteiger charge is 2.60. The van der Waals surface area contributed by atoms with Crippen molar-refractivity contribution in [2.45, 2.75) is 33.7 Å². The summed E-state index contributed by atoms with van der Waals surface area (Å²) in [6.07, 6.45) is 5.90. The van der Waals surface area contributed by atoms with Crippen molar-refractivity contribution in [2.75, 3.05) is 0 Å². The topological polar surface area (TPSA) is 46.9 Å². The number of aromatic nitrogens is 2. The summed E-state index contributed by atoms with van der Waals surface area (Å²) in [5, 5.41) is 3.25. The molecule has 1 saturated carbocycles. The van der Waals surface area contributed by atoms with Gasteiger partial charge in [-0.05, 0) is 30.7 Å². The molecule has 4 heteroatoms. The third-order valence-electron chi connectivity index (χ3n) is 5.24. The first-order chi connectivity index (χ1) is 11.8. The number of nitrogens with zero attached hydrogens (tertiary/aromatic N) is 2. The molecular weight excluding hydrogens is 310 g/mol. The molecule has 132 valence electrons. The summed E-state index contributed by atoms with van der Waals surface area (Å²) in [6.45, 7) is 8.51. The summed E-state index contributed by atoms with van der Waals surface area (Å²) in [4.78, 5) is 17.5. The third-order valence-corrected chi connectivity index (χ3v) is 5.24. The van der Waals surface area contributed by atoms with Crippen LogP contribution in [-0.2, 0) is 11.8 Å².